The Kier molecular flexibility index (Phi) is 5.16. The second-order valence-electron chi connectivity index (χ2n) is 8.34. The Labute approximate surface area is 151 Å². The van der Waals surface area contributed by atoms with Crippen LogP contribution in [-0.4, -0.2) is 22.1 Å². The van der Waals surface area contributed by atoms with Gasteiger partial charge >= 0.3 is 6.03 Å². The summed E-state index contributed by atoms with van der Waals surface area (Å²) in [4.78, 5) is 16.2. The van der Waals surface area contributed by atoms with Gasteiger partial charge in [0.15, 0.2) is 0 Å². The van der Waals surface area contributed by atoms with Gasteiger partial charge in [0.05, 0.1) is 11.4 Å². The number of rotatable bonds is 5. The maximum absolute atomic E-state index is 11.8. The smallest absolute Gasteiger partial charge is 0.327 e. The van der Waals surface area contributed by atoms with Crippen LogP contribution < -0.4 is 5.32 Å². The van der Waals surface area contributed by atoms with Gasteiger partial charge in [-0.05, 0) is 50.4 Å². The molecule has 25 heavy (non-hydrogen) atoms. The number of carbonyl (C=O) groups excluding carboxylic acids is 1. The normalized spacial score (nSPS) is 23.3. The van der Waals surface area contributed by atoms with Crippen molar-refractivity contribution in [1.29, 1.82) is 0 Å². The van der Waals surface area contributed by atoms with Gasteiger partial charge in [0.2, 0.25) is 0 Å². The predicted octanol–water partition coefficient (Wildman–Crippen LogP) is 4.65. The third-order valence-corrected chi connectivity index (χ3v) is 6.04. The molecule has 0 unspecified atom stereocenters. The monoisotopic (exact) mass is 341 g/mol. The fourth-order valence-electron chi connectivity index (χ4n) is 4.41. The summed E-state index contributed by atoms with van der Waals surface area (Å²) in [5, 5.41) is 2.85. The molecule has 3 rings (SSSR count). The van der Waals surface area contributed by atoms with Gasteiger partial charge in [0.1, 0.15) is 6.33 Å². The molecular formula is C21H31N3O. The number of carbonyl (C=O) groups is 1. The lowest BCUT2D eigenvalue weighted by molar-refractivity contribution is 0.180. The van der Waals surface area contributed by atoms with Crippen LogP contribution in [0.15, 0.2) is 30.1 Å². The van der Waals surface area contributed by atoms with Gasteiger partial charge in [0, 0.05) is 19.4 Å². The van der Waals surface area contributed by atoms with Crippen LogP contribution in [0.3, 0.4) is 0 Å². The Morgan fingerprint density at radius 3 is 3.04 bits per heavy atom. The molecule has 1 aliphatic heterocycles. The summed E-state index contributed by atoms with van der Waals surface area (Å²) in [7, 11) is 0. The van der Waals surface area contributed by atoms with Crippen LogP contribution in [0.25, 0.3) is 0 Å². The Morgan fingerprint density at radius 1 is 1.48 bits per heavy atom. The van der Waals surface area contributed by atoms with E-state index in [0.29, 0.717) is 17.9 Å². The summed E-state index contributed by atoms with van der Waals surface area (Å²) in [6.07, 6.45) is 11.7. The van der Waals surface area contributed by atoms with Crippen molar-refractivity contribution in [2.75, 3.05) is 6.54 Å². The van der Waals surface area contributed by atoms with E-state index in [1.54, 1.807) is 10.9 Å². The second kappa shape index (κ2) is 7.19. The molecule has 0 saturated heterocycles. The standard InChI is InChI=1S/C21H31N3O/c1-15(7-9-17-16(2)6-5-12-21(17,3)4)8-10-18-19-11-13-22-20(25)24(19)14-23-18/h8,14,17H,2,5-7,9-13H2,1,3-4H3,(H,22,25)/b15-8+/t17-/m0/s1. The first-order valence-corrected chi connectivity index (χ1v) is 9.55. The van der Waals surface area contributed by atoms with Crippen molar-refractivity contribution < 1.29 is 4.79 Å². The highest BCUT2D eigenvalue weighted by molar-refractivity contribution is 5.78. The van der Waals surface area contributed by atoms with Crippen LogP contribution in [0.2, 0.25) is 0 Å². The largest absolute Gasteiger partial charge is 0.337 e. The maximum Gasteiger partial charge on any atom is 0.327 e. The van der Waals surface area contributed by atoms with Gasteiger partial charge in [0.25, 0.3) is 0 Å². The number of hydrogen-bond acceptors (Lipinski definition) is 2. The zero-order valence-corrected chi connectivity index (χ0v) is 15.9. The highest BCUT2D eigenvalue weighted by Crippen LogP contribution is 2.45. The predicted molar refractivity (Wildman–Crippen MR) is 102 cm³/mol. The van der Waals surface area contributed by atoms with Crippen molar-refractivity contribution >= 4 is 6.03 Å². The number of nitrogens with zero attached hydrogens (tertiary/aromatic N) is 2. The van der Waals surface area contributed by atoms with Gasteiger partial charge in [-0.3, -0.25) is 4.57 Å². The molecule has 0 bridgehead atoms. The molecule has 2 heterocycles. The minimum atomic E-state index is -0.0567. The van der Waals surface area contributed by atoms with E-state index < -0.39 is 0 Å². The first-order valence-electron chi connectivity index (χ1n) is 9.55. The molecule has 1 fully saturated rings. The fraction of sp³-hybridized carbons (Fsp3) is 0.619. The molecule has 1 atom stereocenters. The van der Waals surface area contributed by atoms with E-state index in [-0.39, 0.29) is 6.03 Å². The number of imidazole rings is 1. The van der Waals surface area contributed by atoms with Crippen molar-refractivity contribution in [2.24, 2.45) is 11.3 Å². The van der Waals surface area contributed by atoms with Crippen molar-refractivity contribution in [3.05, 3.63) is 41.5 Å². The van der Waals surface area contributed by atoms with Crippen molar-refractivity contribution in [3.63, 3.8) is 0 Å². The molecule has 2 aliphatic rings. The van der Waals surface area contributed by atoms with Gasteiger partial charge < -0.3 is 5.32 Å². The summed E-state index contributed by atoms with van der Waals surface area (Å²) in [5.41, 5.74) is 5.34. The zero-order chi connectivity index (χ0) is 18.0. The average molecular weight is 341 g/mol. The van der Waals surface area contributed by atoms with E-state index in [1.807, 2.05) is 0 Å². The zero-order valence-electron chi connectivity index (χ0n) is 15.9. The van der Waals surface area contributed by atoms with Gasteiger partial charge in [-0.2, -0.15) is 0 Å². The summed E-state index contributed by atoms with van der Waals surface area (Å²) in [6.45, 7) is 12.0. The number of aromatic nitrogens is 2. The molecule has 4 nitrogen and oxygen atoms in total. The molecule has 1 aromatic heterocycles. The molecule has 1 saturated carbocycles. The number of hydrogen-bond donors (Lipinski definition) is 1. The SMILES string of the molecule is C=C1CCCC(C)(C)[C@H]1CC/C(C)=C/Cc1ncn2c1CCNC2=O. The average Bonchev–Trinajstić information content (AvgIpc) is 2.96. The third kappa shape index (κ3) is 3.88. The first kappa shape index (κ1) is 18.0. The Morgan fingerprint density at radius 2 is 2.28 bits per heavy atom. The number of amides is 1. The van der Waals surface area contributed by atoms with E-state index in [9.17, 15) is 4.79 Å². The lowest BCUT2D eigenvalue weighted by Crippen LogP contribution is -2.36. The fourth-order valence-corrected chi connectivity index (χ4v) is 4.41. The molecule has 1 aliphatic carbocycles. The topological polar surface area (TPSA) is 46.9 Å². The van der Waals surface area contributed by atoms with Crippen molar-refractivity contribution in [3.8, 4) is 0 Å². The van der Waals surface area contributed by atoms with Gasteiger partial charge in [-0.15, -0.1) is 0 Å². The third-order valence-electron chi connectivity index (χ3n) is 6.04. The van der Waals surface area contributed by atoms with Gasteiger partial charge in [-0.25, -0.2) is 9.78 Å². The Balaban J connectivity index is 1.59. The molecule has 0 aromatic carbocycles. The summed E-state index contributed by atoms with van der Waals surface area (Å²) in [5.74, 6) is 0.633. The number of fused-ring (bicyclic) bond motifs is 1. The van der Waals surface area contributed by atoms with E-state index in [0.717, 1.165) is 30.7 Å². The van der Waals surface area contributed by atoms with Crippen LogP contribution in [0.5, 0.6) is 0 Å². The highest BCUT2D eigenvalue weighted by atomic mass is 16.2. The quantitative estimate of drug-likeness (QED) is 0.793. The van der Waals surface area contributed by atoms with Crippen LogP contribution >= 0.6 is 0 Å². The van der Waals surface area contributed by atoms with E-state index >= 15 is 0 Å². The second-order valence-corrected chi connectivity index (χ2v) is 8.34. The van der Waals surface area contributed by atoms with Crippen LogP contribution in [0.1, 0.15) is 64.3 Å². The molecule has 0 radical (unpaired) electrons. The van der Waals surface area contributed by atoms with Crippen LogP contribution in [0, 0.1) is 11.3 Å². The van der Waals surface area contributed by atoms with E-state index in [1.165, 1.54) is 36.8 Å². The van der Waals surface area contributed by atoms with Crippen LogP contribution in [-0.2, 0) is 12.8 Å². The molecule has 1 N–H and O–H groups in total. The van der Waals surface area contributed by atoms with Crippen LogP contribution in [0.4, 0.5) is 4.79 Å². The molecule has 1 aromatic rings. The maximum atomic E-state index is 11.8. The lowest BCUT2D eigenvalue weighted by Gasteiger charge is -2.40. The molecule has 4 heteroatoms. The molecular weight excluding hydrogens is 310 g/mol. The number of nitrogens with one attached hydrogen (secondary N) is 1. The Hall–Kier alpha value is -1.84. The minimum Gasteiger partial charge on any atom is -0.337 e. The summed E-state index contributed by atoms with van der Waals surface area (Å²) in [6, 6.07) is -0.0567. The molecule has 1 amide bonds. The van der Waals surface area contributed by atoms with Crippen molar-refractivity contribution in [2.45, 2.75) is 65.7 Å². The lowest BCUT2D eigenvalue weighted by atomic mass is 9.65. The molecule has 136 valence electrons. The van der Waals surface area contributed by atoms with E-state index in [4.69, 9.17) is 0 Å². The first-order chi connectivity index (χ1) is 11.9. The highest BCUT2D eigenvalue weighted by Gasteiger charge is 2.33. The number of allylic oxidation sites excluding steroid dienone is 3. The molecule has 0 spiro atoms. The summed E-state index contributed by atoms with van der Waals surface area (Å²) < 4.78 is 1.65. The van der Waals surface area contributed by atoms with E-state index in [2.05, 4.69) is 43.7 Å². The van der Waals surface area contributed by atoms with Crippen molar-refractivity contribution in [1.82, 2.24) is 14.9 Å². The summed E-state index contributed by atoms with van der Waals surface area (Å²) >= 11 is 0. The van der Waals surface area contributed by atoms with Gasteiger partial charge in [-0.1, -0.05) is 37.6 Å². The Bertz CT molecular complexity index is 696. The minimum absolute atomic E-state index is 0.0567.